The molecule has 0 N–H and O–H groups in total. The minimum Gasteiger partial charge on any atom is -0.340 e. The number of para-hydroxylation sites is 1. The Morgan fingerprint density at radius 1 is 1.13 bits per heavy atom. The minimum absolute atomic E-state index is 0.0120. The number of rotatable bonds is 7. The first kappa shape index (κ1) is 21.2. The second kappa shape index (κ2) is 9.40. The van der Waals surface area contributed by atoms with Gasteiger partial charge in [0, 0.05) is 29.4 Å². The van der Waals surface area contributed by atoms with Crippen LogP contribution >= 0.6 is 23.1 Å². The zero-order chi connectivity index (χ0) is 21.8. The van der Waals surface area contributed by atoms with Crippen molar-refractivity contribution in [3.63, 3.8) is 0 Å². The summed E-state index contributed by atoms with van der Waals surface area (Å²) in [5.41, 5.74) is 1.61. The number of halogens is 1. The number of carbonyl (C=O) groups is 1. The van der Waals surface area contributed by atoms with Crippen LogP contribution in [-0.4, -0.2) is 43.4 Å². The molecule has 2 heterocycles. The van der Waals surface area contributed by atoms with Crippen LogP contribution in [0.1, 0.15) is 9.88 Å². The van der Waals surface area contributed by atoms with Crippen LogP contribution in [0.2, 0.25) is 0 Å². The number of aryl methyl sites for hydroxylation is 1. The summed E-state index contributed by atoms with van der Waals surface area (Å²) in [6.07, 6.45) is 1.80. The minimum atomic E-state index is -0.311. The highest BCUT2D eigenvalue weighted by Crippen LogP contribution is 2.28. The number of aromatic nitrogens is 4. The molecule has 1 amide bonds. The van der Waals surface area contributed by atoms with Gasteiger partial charge in [-0.3, -0.25) is 9.36 Å². The SMILES string of the molecule is Cc1ncc(CN(C)C(=O)CSc2nnc(-c3ccc(F)cc3)n2-c2ccccc2)s1. The maximum atomic E-state index is 13.4. The van der Waals surface area contributed by atoms with Crippen LogP contribution in [0.5, 0.6) is 0 Å². The first-order valence-corrected chi connectivity index (χ1v) is 11.4. The molecule has 0 saturated carbocycles. The highest BCUT2D eigenvalue weighted by atomic mass is 32.2. The molecule has 0 spiro atoms. The van der Waals surface area contributed by atoms with E-state index in [1.165, 1.54) is 23.9 Å². The van der Waals surface area contributed by atoms with Crippen LogP contribution in [0.15, 0.2) is 66.0 Å². The van der Waals surface area contributed by atoms with Crippen LogP contribution < -0.4 is 0 Å². The van der Waals surface area contributed by atoms with Crippen molar-refractivity contribution in [1.29, 1.82) is 0 Å². The molecule has 0 fully saturated rings. The Hall–Kier alpha value is -3.04. The van der Waals surface area contributed by atoms with Gasteiger partial charge in [0.1, 0.15) is 5.82 Å². The Kier molecular flexibility index (Phi) is 6.43. The van der Waals surface area contributed by atoms with Crippen molar-refractivity contribution < 1.29 is 9.18 Å². The summed E-state index contributed by atoms with van der Waals surface area (Å²) in [6, 6.07) is 15.8. The molecule has 2 aromatic heterocycles. The molecule has 6 nitrogen and oxygen atoms in total. The largest absolute Gasteiger partial charge is 0.340 e. The van der Waals surface area contributed by atoms with Crippen molar-refractivity contribution in [2.75, 3.05) is 12.8 Å². The number of thiazole rings is 1. The van der Waals surface area contributed by atoms with E-state index in [1.54, 1.807) is 41.6 Å². The highest BCUT2D eigenvalue weighted by molar-refractivity contribution is 7.99. The van der Waals surface area contributed by atoms with Crippen LogP contribution in [0, 0.1) is 12.7 Å². The molecule has 0 aliphatic heterocycles. The van der Waals surface area contributed by atoms with Gasteiger partial charge in [0.05, 0.1) is 17.3 Å². The molecule has 9 heteroatoms. The number of amides is 1. The average molecular weight is 454 g/mol. The maximum absolute atomic E-state index is 13.4. The Balaban J connectivity index is 1.55. The van der Waals surface area contributed by atoms with Gasteiger partial charge in [0.15, 0.2) is 11.0 Å². The molecule has 0 radical (unpaired) electrons. The van der Waals surface area contributed by atoms with Gasteiger partial charge in [-0.1, -0.05) is 30.0 Å². The molecular formula is C22H20FN5OS2. The van der Waals surface area contributed by atoms with Crippen LogP contribution in [-0.2, 0) is 11.3 Å². The fourth-order valence-corrected chi connectivity index (χ4v) is 4.74. The van der Waals surface area contributed by atoms with Gasteiger partial charge < -0.3 is 4.90 Å². The number of hydrogen-bond donors (Lipinski definition) is 0. The van der Waals surface area contributed by atoms with Gasteiger partial charge >= 0.3 is 0 Å². The third kappa shape index (κ3) is 5.00. The molecule has 4 rings (SSSR count). The van der Waals surface area contributed by atoms with Crippen LogP contribution in [0.3, 0.4) is 0 Å². The Morgan fingerprint density at radius 2 is 1.87 bits per heavy atom. The zero-order valence-electron chi connectivity index (χ0n) is 17.0. The van der Waals surface area contributed by atoms with E-state index >= 15 is 0 Å². The molecule has 4 aromatic rings. The molecule has 158 valence electrons. The standard InChI is InChI=1S/C22H20FN5OS2/c1-15-24-12-19(31-15)13-27(2)20(29)14-30-22-26-25-21(16-8-10-17(23)11-9-16)28(22)18-6-4-3-5-7-18/h3-12H,13-14H2,1-2H3. The van der Waals surface area contributed by atoms with E-state index < -0.39 is 0 Å². The lowest BCUT2D eigenvalue weighted by atomic mass is 10.2. The zero-order valence-corrected chi connectivity index (χ0v) is 18.7. The van der Waals surface area contributed by atoms with Crippen LogP contribution in [0.4, 0.5) is 4.39 Å². The molecule has 0 bridgehead atoms. The fraction of sp³-hybridized carbons (Fsp3) is 0.182. The summed E-state index contributed by atoms with van der Waals surface area (Å²) in [4.78, 5) is 19.6. The van der Waals surface area contributed by atoms with Gasteiger partial charge in [0.2, 0.25) is 5.91 Å². The monoisotopic (exact) mass is 453 g/mol. The van der Waals surface area contributed by atoms with E-state index in [-0.39, 0.29) is 17.5 Å². The van der Waals surface area contributed by atoms with Crippen molar-refractivity contribution in [3.8, 4) is 17.1 Å². The van der Waals surface area contributed by atoms with Gasteiger partial charge in [-0.2, -0.15) is 0 Å². The molecule has 0 aliphatic carbocycles. The first-order valence-electron chi connectivity index (χ1n) is 9.56. The Morgan fingerprint density at radius 3 is 2.55 bits per heavy atom. The molecule has 0 aliphatic rings. The third-order valence-electron chi connectivity index (χ3n) is 4.56. The van der Waals surface area contributed by atoms with Crippen molar-refractivity contribution in [2.24, 2.45) is 0 Å². The van der Waals surface area contributed by atoms with Gasteiger partial charge in [0.25, 0.3) is 0 Å². The van der Waals surface area contributed by atoms with Crippen molar-refractivity contribution in [1.82, 2.24) is 24.6 Å². The summed E-state index contributed by atoms with van der Waals surface area (Å²) >= 11 is 2.91. The van der Waals surface area contributed by atoms with Crippen molar-refractivity contribution >= 4 is 29.0 Å². The van der Waals surface area contributed by atoms with E-state index in [0.717, 1.165) is 21.1 Å². The number of benzene rings is 2. The lowest BCUT2D eigenvalue weighted by Gasteiger charge is -2.16. The predicted octanol–water partition coefficient (Wildman–Crippen LogP) is 4.59. The summed E-state index contributed by atoms with van der Waals surface area (Å²) in [6.45, 7) is 2.47. The van der Waals surface area contributed by atoms with Gasteiger partial charge in [-0.15, -0.1) is 21.5 Å². The van der Waals surface area contributed by atoms with Crippen LogP contribution in [0.25, 0.3) is 17.1 Å². The Bertz CT molecular complexity index is 1170. The quantitative estimate of drug-likeness (QED) is 0.383. The van der Waals surface area contributed by atoms with Gasteiger partial charge in [-0.05, 0) is 43.3 Å². The molecule has 2 aromatic carbocycles. The topological polar surface area (TPSA) is 63.9 Å². The molecule has 0 saturated heterocycles. The highest BCUT2D eigenvalue weighted by Gasteiger charge is 2.19. The number of thioether (sulfide) groups is 1. The Labute approximate surface area is 187 Å². The summed E-state index contributed by atoms with van der Waals surface area (Å²) in [5, 5.41) is 10.2. The first-order chi connectivity index (χ1) is 15.0. The summed E-state index contributed by atoms with van der Waals surface area (Å²) in [7, 11) is 1.78. The normalized spacial score (nSPS) is 10.9. The lowest BCUT2D eigenvalue weighted by Crippen LogP contribution is -2.27. The summed E-state index contributed by atoms with van der Waals surface area (Å²) in [5.74, 6) is 0.494. The van der Waals surface area contributed by atoms with Crippen molar-refractivity contribution in [2.45, 2.75) is 18.6 Å². The number of hydrogen-bond acceptors (Lipinski definition) is 6. The molecular weight excluding hydrogens is 433 g/mol. The van der Waals surface area contributed by atoms with E-state index in [4.69, 9.17) is 0 Å². The average Bonchev–Trinajstić information content (AvgIpc) is 3.39. The third-order valence-corrected chi connectivity index (χ3v) is 6.37. The van der Waals surface area contributed by atoms with E-state index in [9.17, 15) is 9.18 Å². The van der Waals surface area contributed by atoms with Gasteiger partial charge in [-0.25, -0.2) is 9.37 Å². The van der Waals surface area contributed by atoms with E-state index in [2.05, 4.69) is 15.2 Å². The smallest absolute Gasteiger partial charge is 0.233 e. The van der Waals surface area contributed by atoms with Crippen molar-refractivity contribution in [3.05, 3.63) is 76.5 Å². The lowest BCUT2D eigenvalue weighted by molar-refractivity contribution is -0.127. The van der Waals surface area contributed by atoms with E-state index in [0.29, 0.717) is 17.5 Å². The summed E-state index contributed by atoms with van der Waals surface area (Å²) < 4.78 is 15.3. The fourth-order valence-electron chi connectivity index (χ4n) is 3.00. The molecule has 0 atom stereocenters. The second-order valence-electron chi connectivity index (χ2n) is 6.87. The second-order valence-corrected chi connectivity index (χ2v) is 9.13. The number of carbonyl (C=O) groups excluding carboxylic acids is 1. The molecule has 31 heavy (non-hydrogen) atoms. The predicted molar refractivity (Wildman–Crippen MR) is 121 cm³/mol. The van der Waals surface area contributed by atoms with E-state index in [1.807, 2.05) is 41.8 Å². The number of nitrogens with zero attached hydrogens (tertiary/aromatic N) is 5. The maximum Gasteiger partial charge on any atom is 0.233 e. The molecule has 0 unspecified atom stereocenters.